The summed E-state index contributed by atoms with van der Waals surface area (Å²) in [7, 11) is 1.73. The number of nitrogens with two attached hydrogens (primary N) is 1. The van der Waals surface area contributed by atoms with E-state index in [4.69, 9.17) is 5.73 Å². The minimum absolute atomic E-state index is 0.00357. The SMILES string of the molecule is Cn1cc(C(N)C(=O)c2ccccc2F)cn1. The molecule has 1 heterocycles. The van der Waals surface area contributed by atoms with Crippen LogP contribution in [0.25, 0.3) is 0 Å². The van der Waals surface area contributed by atoms with Crippen LogP contribution in [0.15, 0.2) is 36.7 Å². The van der Waals surface area contributed by atoms with E-state index >= 15 is 0 Å². The number of Topliss-reactive ketones (excluding diaryl/α,β-unsaturated/α-hetero) is 1. The zero-order valence-corrected chi connectivity index (χ0v) is 9.30. The van der Waals surface area contributed by atoms with Gasteiger partial charge in [0.15, 0.2) is 5.78 Å². The third-order valence-corrected chi connectivity index (χ3v) is 2.51. The van der Waals surface area contributed by atoms with Crippen LogP contribution in [0.4, 0.5) is 4.39 Å². The van der Waals surface area contributed by atoms with E-state index in [1.165, 1.54) is 24.4 Å². The lowest BCUT2D eigenvalue weighted by atomic mass is 10.0. The van der Waals surface area contributed by atoms with Crippen LogP contribution in [0.1, 0.15) is 22.0 Å². The normalized spacial score (nSPS) is 12.4. The molecule has 0 spiro atoms. The van der Waals surface area contributed by atoms with Gasteiger partial charge in [0.1, 0.15) is 5.82 Å². The Morgan fingerprint density at radius 3 is 2.76 bits per heavy atom. The zero-order chi connectivity index (χ0) is 12.4. The van der Waals surface area contributed by atoms with Crippen molar-refractivity contribution in [2.75, 3.05) is 0 Å². The number of halogens is 1. The molecule has 88 valence electrons. The molecule has 5 heteroatoms. The molecule has 0 radical (unpaired) electrons. The highest BCUT2D eigenvalue weighted by Crippen LogP contribution is 2.17. The zero-order valence-electron chi connectivity index (χ0n) is 9.30. The quantitative estimate of drug-likeness (QED) is 0.816. The van der Waals surface area contributed by atoms with Crippen LogP contribution in [0.5, 0.6) is 0 Å². The first-order chi connectivity index (χ1) is 8.09. The number of aromatic nitrogens is 2. The maximum absolute atomic E-state index is 13.4. The summed E-state index contributed by atoms with van der Waals surface area (Å²) in [5.41, 5.74) is 6.36. The van der Waals surface area contributed by atoms with Crippen LogP contribution in [-0.4, -0.2) is 15.6 Å². The van der Waals surface area contributed by atoms with Gasteiger partial charge in [-0.15, -0.1) is 0 Å². The summed E-state index contributed by atoms with van der Waals surface area (Å²) < 4.78 is 15.0. The van der Waals surface area contributed by atoms with E-state index in [2.05, 4.69) is 5.10 Å². The van der Waals surface area contributed by atoms with Crippen LogP contribution < -0.4 is 5.73 Å². The molecule has 17 heavy (non-hydrogen) atoms. The van der Waals surface area contributed by atoms with Crippen LogP contribution in [-0.2, 0) is 7.05 Å². The van der Waals surface area contributed by atoms with Crippen molar-refractivity contribution in [1.82, 2.24) is 9.78 Å². The van der Waals surface area contributed by atoms with E-state index in [1.54, 1.807) is 24.0 Å². The summed E-state index contributed by atoms with van der Waals surface area (Å²) in [4.78, 5) is 12.0. The molecule has 0 amide bonds. The lowest BCUT2D eigenvalue weighted by Gasteiger charge is -2.08. The Kier molecular flexibility index (Phi) is 3.01. The Morgan fingerprint density at radius 1 is 1.47 bits per heavy atom. The second-order valence-corrected chi connectivity index (χ2v) is 3.77. The van der Waals surface area contributed by atoms with Crippen molar-refractivity contribution < 1.29 is 9.18 Å². The predicted octanol–water partition coefficient (Wildman–Crippen LogP) is 1.44. The number of aryl methyl sites for hydroxylation is 1. The first kappa shape index (κ1) is 11.5. The molecule has 0 bridgehead atoms. The summed E-state index contributed by atoms with van der Waals surface area (Å²) in [6.07, 6.45) is 3.15. The Hall–Kier alpha value is -2.01. The Balaban J connectivity index is 2.30. The summed E-state index contributed by atoms with van der Waals surface area (Å²) in [5, 5.41) is 3.93. The molecule has 1 aromatic heterocycles. The molecular weight excluding hydrogens is 221 g/mol. The predicted molar refractivity (Wildman–Crippen MR) is 60.9 cm³/mol. The van der Waals surface area contributed by atoms with Gasteiger partial charge < -0.3 is 5.73 Å². The first-order valence-electron chi connectivity index (χ1n) is 5.12. The van der Waals surface area contributed by atoms with E-state index in [0.717, 1.165) is 0 Å². The van der Waals surface area contributed by atoms with Gasteiger partial charge in [0.2, 0.25) is 0 Å². The number of carbonyl (C=O) groups excluding carboxylic acids is 1. The van der Waals surface area contributed by atoms with Gasteiger partial charge >= 0.3 is 0 Å². The smallest absolute Gasteiger partial charge is 0.187 e. The summed E-state index contributed by atoms with van der Waals surface area (Å²) in [6.45, 7) is 0. The molecule has 1 unspecified atom stereocenters. The number of nitrogens with zero attached hydrogens (tertiary/aromatic N) is 2. The first-order valence-corrected chi connectivity index (χ1v) is 5.12. The largest absolute Gasteiger partial charge is 0.317 e. The van der Waals surface area contributed by atoms with Gasteiger partial charge in [0.25, 0.3) is 0 Å². The van der Waals surface area contributed by atoms with Crippen LogP contribution in [0.3, 0.4) is 0 Å². The van der Waals surface area contributed by atoms with Crippen LogP contribution in [0.2, 0.25) is 0 Å². The molecule has 2 rings (SSSR count). The fraction of sp³-hybridized carbons (Fsp3) is 0.167. The second kappa shape index (κ2) is 4.47. The molecule has 0 saturated heterocycles. The van der Waals surface area contributed by atoms with E-state index in [9.17, 15) is 9.18 Å². The van der Waals surface area contributed by atoms with E-state index in [0.29, 0.717) is 5.56 Å². The van der Waals surface area contributed by atoms with Crippen LogP contribution >= 0.6 is 0 Å². The van der Waals surface area contributed by atoms with E-state index < -0.39 is 17.6 Å². The number of benzene rings is 1. The van der Waals surface area contributed by atoms with E-state index in [-0.39, 0.29) is 5.56 Å². The Morgan fingerprint density at radius 2 is 2.18 bits per heavy atom. The summed E-state index contributed by atoms with van der Waals surface area (Å²) in [6, 6.07) is 4.91. The molecular formula is C12H12FN3O. The van der Waals surface area contributed by atoms with E-state index in [1.807, 2.05) is 0 Å². The third kappa shape index (κ3) is 2.24. The van der Waals surface area contributed by atoms with Crippen molar-refractivity contribution in [1.29, 1.82) is 0 Å². The second-order valence-electron chi connectivity index (χ2n) is 3.77. The number of rotatable bonds is 3. The molecule has 0 aliphatic carbocycles. The molecule has 2 N–H and O–H groups in total. The third-order valence-electron chi connectivity index (χ3n) is 2.51. The fourth-order valence-electron chi connectivity index (χ4n) is 1.58. The van der Waals surface area contributed by atoms with Gasteiger partial charge in [-0.1, -0.05) is 12.1 Å². The average Bonchev–Trinajstić information content (AvgIpc) is 2.75. The summed E-state index contributed by atoms with van der Waals surface area (Å²) >= 11 is 0. The molecule has 2 aromatic rings. The summed E-state index contributed by atoms with van der Waals surface area (Å²) in [5.74, 6) is -1.01. The van der Waals surface area contributed by atoms with Gasteiger partial charge in [0, 0.05) is 18.8 Å². The van der Waals surface area contributed by atoms with Crippen molar-refractivity contribution in [2.24, 2.45) is 12.8 Å². The number of hydrogen-bond acceptors (Lipinski definition) is 3. The van der Waals surface area contributed by atoms with Gasteiger partial charge in [-0.2, -0.15) is 5.10 Å². The van der Waals surface area contributed by atoms with Gasteiger partial charge in [-0.3, -0.25) is 9.48 Å². The number of ketones is 1. The van der Waals surface area contributed by atoms with Crippen molar-refractivity contribution in [2.45, 2.75) is 6.04 Å². The van der Waals surface area contributed by atoms with Crippen molar-refractivity contribution in [3.05, 3.63) is 53.6 Å². The minimum atomic E-state index is -0.888. The molecule has 0 aliphatic heterocycles. The van der Waals surface area contributed by atoms with Crippen molar-refractivity contribution >= 4 is 5.78 Å². The standard InChI is InChI=1S/C12H12FN3O/c1-16-7-8(6-15-16)11(14)12(17)9-4-2-3-5-10(9)13/h2-7,11H,14H2,1H3. The maximum atomic E-state index is 13.4. The molecule has 0 aliphatic rings. The topological polar surface area (TPSA) is 60.9 Å². The molecule has 0 saturated carbocycles. The van der Waals surface area contributed by atoms with Gasteiger partial charge in [-0.05, 0) is 12.1 Å². The van der Waals surface area contributed by atoms with Crippen molar-refractivity contribution in [3.63, 3.8) is 0 Å². The lowest BCUT2D eigenvalue weighted by molar-refractivity contribution is 0.0957. The maximum Gasteiger partial charge on any atom is 0.187 e. The highest BCUT2D eigenvalue weighted by atomic mass is 19.1. The minimum Gasteiger partial charge on any atom is -0.317 e. The number of carbonyl (C=O) groups is 1. The molecule has 4 nitrogen and oxygen atoms in total. The van der Waals surface area contributed by atoms with Crippen molar-refractivity contribution in [3.8, 4) is 0 Å². The Bertz CT molecular complexity index is 550. The highest BCUT2D eigenvalue weighted by Gasteiger charge is 2.21. The number of hydrogen-bond donors (Lipinski definition) is 1. The molecule has 1 aromatic carbocycles. The molecule has 1 atom stereocenters. The van der Waals surface area contributed by atoms with Gasteiger partial charge in [-0.25, -0.2) is 4.39 Å². The van der Waals surface area contributed by atoms with Crippen LogP contribution in [0, 0.1) is 5.82 Å². The van der Waals surface area contributed by atoms with Gasteiger partial charge in [0.05, 0.1) is 17.8 Å². The average molecular weight is 233 g/mol. The fourth-order valence-corrected chi connectivity index (χ4v) is 1.58. The highest BCUT2D eigenvalue weighted by molar-refractivity contribution is 6.00. The lowest BCUT2D eigenvalue weighted by Crippen LogP contribution is -2.22. The molecule has 0 fully saturated rings. The monoisotopic (exact) mass is 233 g/mol. The Labute approximate surface area is 97.9 Å².